The number of rotatable bonds is 9. The number of nitrogens with zero attached hydrogens (tertiary/aromatic N) is 1. The maximum Gasteiger partial charge on any atom is 0.335 e. The van der Waals surface area contributed by atoms with Crippen LogP contribution in [0.3, 0.4) is 0 Å². The average Bonchev–Trinajstić information content (AvgIpc) is 3.20. The monoisotopic (exact) mass is 584 g/mol. The highest BCUT2D eigenvalue weighted by atomic mass is 32.2. The molecule has 1 fully saturated rings. The molecule has 4 rings (SSSR count). The Kier molecular flexibility index (Phi) is 8.80. The third-order valence-electron chi connectivity index (χ3n) is 5.90. The molecular formula is C28H22F2N2O6S2. The van der Waals surface area contributed by atoms with E-state index in [9.17, 15) is 23.2 Å². The Morgan fingerprint density at radius 3 is 2.38 bits per heavy atom. The number of ether oxygens (including phenoxy) is 2. The van der Waals surface area contributed by atoms with Crippen LogP contribution >= 0.6 is 24.0 Å². The summed E-state index contributed by atoms with van der Waals surface area (Å²) in [5.74, 6) is -3.20. The average molecular weight is 585 g/mol. The fraction of sp³-hybridized carbons (Fsp3) is 0.143. The normalized spacial score (nSPS) is 14.0. The minimum absolute atomic E-state index is 0.0242. The largest absolute Gasteiger partial charge is 0.493 e. The molecule has 0 radical (unpaired) electrons. The molecule has 3 aromatic carbocycles. The fourth-order valence-electron chi connectivity index (χ4n) is 3.91. The van der Waals surface area contributed by atoms with Gasteiger partial charge in [-0.2, -0.15) is 0 Å². The molecule has 2 amide bonds. The molecule has 1 aliphatic rings. The Hall–Kier alpha value is -4.29. The summed E-state index contributed by atoms with van der Waals surface area (Å²) in [5, 5.41) is 11.6. The molecule has 2 N–H and O–H groups in total. The number of carboxylic acids is 1. The number of halogens is 2. The predicted octanol–water partition coefficient (Wildman–Crippen LogP) is 5.58. The topological polar surface area (TPSA) is 105 Å². The van der Waals surface area contributed by atoms with Crippen LogP contribution in [0.4, 0.5) is 14.5 Å². The Balaban J connectivity index is 1.52. The lowest BCUT2D eigenvalue weighted by Gasteiger charge is -2.15. The van der Waals surface area contributed by atoms with E-state index in [1.807, 2.05) is 0 Å². The Labute approximate surface area is 237 Å². The molecule has 206 valence electrons. The van der Waals surface area contributed by atoms with Crippen LogP contribution in [0.2, 0.25) is 0 Å². The zero-order chi connectivity index (χ0) is 29.0. The van der Waals surface area contributed by atoms with E-state index in [-0.39, 0.29) is 33.7 Å². The summed E-state index contributed by atoms with van der Waals surface area (Å²) in [6.45, 7) is 0.0242. The van der Waals surface area contributed by atoms with Crippen molar-refractivity contribution in [2.75, 3.05) is 26.1 Å². The minimum atomic E-state index is -1.08. The van der Waals surface area contributed by atoms with E-state index in [2.05, 4.69) is 5.32 Å². The van der Waals surface area contributed by atoms with Gasteiger partial charge in [-0.1, -0.05) is 30.0 Å². The van der Waals surface area contributed by atoms with Gasteiger partial charge in [0.05, 0.1) is 24.7 Å². The van der Waals surface area contributed by atoms with Crippen molar-refractivity contribution < 1.29 is 37.7 Å². The zero-order valence-electron chi connectivity index (χ0n) is 21.2. The van der Waals surface area contributed by atoms with Crippen molar-refractivity contribution in [3.63, 3.8) is 0 Å². The number of aromatic carboxylic acids is 1. The summed E-state index contributed by atoms with van der Waals surface area (Å²) in [6.07, 6.45) is 1.51. The fourth-order valence-corrected chi connectivity index (χ4v) is 5.21. The van der Waals surface area contributed by atoms with Crippen molar-refractivity contribution >= 4 is 57.8 Å². The number of carbonyl (C=O) groups is 3. The van der Waals surface area contributed by atoms with Gasteiger partial charge in [-0.05, 0) is 65.7 Å². The van der Waals surface area contributed by atoms with Crippen LogP contribution in [0, 0.1) is 11.6 Å². The van der Waals surface area contributed by atoms with Crippen LogP contribution in [-0.2, 0) is 9.59 Å². The smallest absolute Gasteiger partial charge is 0.335 e. The molecule has 0 unspecified atom stereocenters. The molecule has 0 spiro atoms. The molecule has 1 heterocycles. The van der Waals surface area contributed by atoms with Crippen molar-refractivity contribution in [1.82, 2.24) is 4.90 Å². The van der Waals surface area contributed by atoms with E-state index in [1.165, 1.54) is 49.5 Å². The summed E-state index contributed by atoms with van der Waals surface area (Å²) in [7, 11) is 2.87. The van der Waals surface area contributed by atoms with Crippen molar-refractivity contribution in [3.8, 4) is 22.6 Å². The molecule has 1 saturated heterocycles. The standard InChI is InChI=1S/C28H22F2N2O6S2/c1-37-22-13-17(16-5-8-20(29)21(30)12-16)11-18(25(22)38-2)14-23-26(34)32(28(39)40-23)10-9-24(33)31-19-6-3-15(4-7-19)27(35)36/h3-8,11-14H,9-10H2,1-2H3,(H,31,33)(H,35,36)/b23-14-. The van der Waals surface area contributed by atoms with E-state index in [4.69, 9.17) is 26.8 Å². The molecule has 0 atom stereocenters. The molecule has 0 saturated carbocycles. The van der Waals surface area contributed by atoms with Crippen LogP contribution in [0.1, 0.15) is 22.3 Å². The van der Waals surface area contributed by atoms with Gasteiger partial charge in [0, 0.05) is 24.2 Å². The Morgan fingerprint density at radius 2 is 1.75 bits per heavy atom. The second kappa shape index (κ2) is 12.3. The highest BCUT2D eigenvalue weighted by molar-refractivity contribution is 8.26. The van der Waals surface area contributed by atoms with Crippen molar-refractivity contribution in [1.29, 1.82) is 0 Å². The van der Waals surface area contributed by atoms with Crippen molar-refractivity contribution in [2.45, 2.75) is 6.42 Å². The number of methoxy groups -OCH3 is 2. The number of nitrogens with one attached hydrogen (secondary N) is 1. The maximum atomic E-state index is 13.9. The molecule has 0 aromatic heterocycles. The predicted molar refractivity (Wildman–Crippen MR) is 151 cm³/mol. The number of benzene rings is 3. The van der Waals surface area contributed by atoms with Gasteiger partial charge in [0.25, 0.3) is 5.91 Å². The SMILES string of the molecule is COc1cc(-c2ccc(F)c(F)c2)cc(/C=C2\SC(=S)N(CCC(=O)Nc3ccc(C(=O)O)cc3)C2=O)c1OC. The molecule has 0 bridgehead atoms. The second-order valence-electron chi connectivity index (χ2n) is 8.44. The number of amides is 2. The lowest BCUT2D eigenvalue weighted by molar-refractivity contribution is -0.122. The lowest BCUT2D eigenvalue weighted by Crippen LogP contribution is -2.31. The van der Waals surface area contributed by atoms with Gasteiger partial charge in [0.2, 0.25) is 5.91 Å². The summed E-state index contributed by atoms with van der Waals surface area (Å²) in [4.78, 5) is 38.2. The van der Waals surface area contributed by atoms with Gasteiger partial charge in [-0.15, -0.1) is 0 Å². The quantitative estimate of drug-likeness (QED) is 0.248. The number of thioether (sulfide) groups is 1. The molecule has 3 aromatic rings. The van der Waals surface area contributed by atoms with E-state index >= 15 is 0 Å². The number of thiocarbonyl (C=S) groups is 1. The molecular weight excluding hydrogens is 562 g/mol. The number of hydrogen-bond acceptors (Lipinski definition) is 7. The first-order chi connectivity index (χ1) is 19.1. The zero-order valence-corrected chi connectivity index (χ0v) is 22.8. The van der Waals surface area contributed by atoms with Crippen LogP contribution < -0.4 is 14.8 Å². The first-order valence-corrected chi connectivity index (χ1v) is 12.9. The number of carboxylic acid groups (broad SMARTS) is 1. The summed E-state index contributed by atoms with van der Waals surface area (Å²) in [6, 6.07) is 12.5. The molecule has 0 aliphatic carbocycles. The lowest BCUT2D eigenvalue weighted by atomic mass is 10.0. The first-order valence-electron chi connectivity index (χ1n) is 11.7. The Bertz CT molecular complexity index is 1540. The van der Waals surface area contributed by atoms with Gasteiger partial charge < -0.3 is 19.9 Å². The van der Waals surface area contributed by atoms with Gasteiger partial charge in [0.1, 0.15) is 4.32 Å². The van der Waals surface area contributed by atoms with Crippen LogP contribution in [-0.4, -0.2) is 52.9 Å². The van der Waals surface area contributed by atoms with Gasteiger partial charge in [-0.25, -0.2) is 13.6 Å². The number of anilines is 1. The maximum absolute atomic E-state index is 13.9. The highest BCUT2D eigenvalue weighted by Gasteiger charge is 2.32. The minimum Gasteiger partial charge on any atom is -0.493 e. The van der Waals surface area contributed by atoms with Crippen LogP contribution in [0.25, 0.3) is 17.2 Å². The Morgan fingerprint density at radius 1 is 1.02 bits per heavy atom. The molecule has 12 heteroatoms. The number of hydrogen-bond donors (Lipinski definition) is 2. The van der Waals surface area contributed by atoms with E-state index in [0.29, 0.717) is 33.9 Å². The summed E-state index contributed by atoms with van der Waals surface area (Å²) in [5.41, 5.74) is 1.86. The highest BCUT2D eigenvalue weighted by Crippen LogP contribution is 2.40. The molecule has 40 heavy (non-hydrogen) atoms. The summed E-state index contributed by atoms with van der Waals surface area (Å²) >= 11 is 6.43. The summed E-state index contributed by atoms with van der Waals surface area (Å²) < 4.78 is 38.6. The van der Waals surface area contributed by atoms with E-state index in [0.717, 1.165) is 23.9 Å². The molecule has 1 aliphatic heterocycles. The van der Waals surface area contributed by atoms with Gasteiger partial charge in [0.15, 0.2) is 23.1 Å². The van der Waals surface area contributed by atoms with Crippen LogP contribution in [0.15, 0.2) is 59.5 Å². The van der Waals surface area contributed by atoms with E-state index in [1.54, 1.807) is 18.2 Å². The third kappa shape index (κ3) is 6.29. The molecule has 8 nitrogen and oxygen atoms in total. The third-order valence-corrected chi connectivity index (χ3v) is 7.28. The van der Waals surface area contributed by atoms with Crippen LogP contribution in [0.5, 0.6) is 11.5 Å². The first kappa shape index (κ1) is 28.7. The van der Waals surface area contributed by atoms with Crippen molar-refractivity contribution in [2.24, 2.45) is 0 Å². The van der Waals surface area contributed by atoms with Gasteiger partial charge >= 0.3 is 5.97 Å². The second-order valence-corrected chi connectivity index (χ2v) is 10.1. The van der Waals surface area contributed by atoms with E-state index < -0.39 is 23.5 Å². The van der Waals surface area contributed by atoms with Crippen molar-refractivity contribution in [3.05, 3.63) is 82.3 Å². The number of carbonyl (C=O) groups excluding carboxylic acids is 2. The van der Waals surface area contributed by atoms with Gasteiger partial charge in [-0.3, -0.25) is 14.5 Å².